The van der Waals surface area contributed by atoms with Crippen LogP contribution in [-0.4, -0.2) is 26.2 Å². The number of aromatic carboxylic acids is 1. The van der Waals surface area contributed by atoms with Crippen molar-refractivity contribution in [3.8, 4) is 11.5 Å². The van der Waals surface area contributed by atoms with Crippen LogP contribution in [0.4, 0.5) is 5.69 Å². The monoisotopic (exact) mass is 247 g/mol. The highest BCUT2D eigenvalue weighted by atomic mass is 28.3. The molecule has 3 nitrogen and oxygen atoms in total. The Morgan fingerprint density at radius 3 is 2.41 bits per heavy atom. The number of benzene rings is 1. The SMILES string of the molecule is CNc1cc(C#C[Si](C)(C)C)cc(C(=O)O)c1. The Bertz CT molecular complexity index is 492. The van der Waals surface area contributed by atoms with Crippen LogP contribution in [0.3, 0.4) is 0 Å². The van der Waals surface area contributed by atoms with Crippen LogP contribution in [0.2, 0.25) is 19.6 Å². The first-order chi connectivity index (χ1) is 7.81. The van der Waals surface area contributed by atoms with E-state index in [1.54, 1.807) is 19.2 Å². The van der Waals surface area contributed by atoms with Crippen molar-refractivity contribution in [1.29, 1.82) is 0 Å². The second-order valence-corrected chi connectivity index (χ2v) is 9.60. The third-order valence-electron chi connectivity index (χ3n) is 2.05. The summed E-state index contributed by atoms with van der Waals surface area (Å²) in [7, 11) is 0.319. The highest BCUT2D eigenvalue weighted by molar-refractivity contribution is 6.83. The molecule has 0 amide bonds. The number of carboxylic acid groups (broad SMARTS) is 1. The van der Waals surface area contributed by atoms with Gasteiger partial charge in [0.2, 0.25) is 0 Å². The number of anilines is 1. The topological polar surface area (TPSA) is 49.3 Å². The molecule has 0 radical (unpaired) electrons. The van der Waals surface area contributed by atoms with Crippen LogP contribution in [0.1, 0.15) is 15.9 Å². The predicted molar refractivity (Wildman–Crippen MR) is 73.2 cm³/mol. The lowest BCUT2D eigenvalue weighted by molar-refractivity contribution is 0.0697. The van der Waals surface area contributed by atoms with E-state index < -0.39 is 14.0 Å². The van der Waals surface area contributed by atoms with Gasteiger partial charge in [-0.3, -0.25) is 0 Å². The van der Waals surface area contributed by atoms with Crippen molar-refractivity contribution in [3.63, 3.8) is 0 Å². The molecule has 0 aliphatic heterocycles. The summed E-state index contributed by atoms with van der Waals surface area (Å²) in [5.74, 6) is 2.13. The van der Waals surface area contributed by atoms with E-state index in [2.05, 4.69) is 36.4 Å². The van der Waals surface area contributed by atoms with E-state index in [4.69, 9.17) is 5.11 Å². The first kappa shape index (κ1) is 13.3. The number of hydrogen-bond acceptors (Lipinski definition) is 2. The lowest BCUT2D eigenvalue weighted by Gasteiger charge is -2.05. The molecule has 17 heavy (non-hydrogen) atoms. The number of carbonyl (C=O) groups is 1. The zero-order valence-electron chi connectivity index (χ0n) is 10.6. The van der Waals surface area contributed by atoms with Crippen molar-refractivity contribution >= 4 is 19.7 Å². The first-order valence-electron chi connectivity index (χ1n) is 5.41. The van der Waals surface area contributed by atoms with Crippen LogP contribution in [0, 0.1) is 11.5 Å². The Labute approximate surface area is 103 Å². The average molecular weight is 247 g/mol. The van der Waals surface area contributed by atoms with Gasteiger partial charge in [0.15, 0.2) is 0 Å². The summed E-state index contributed by atoms with van der Waals surface area (Å²) in [6, 6.07) is 5.07. The fourth-order valence-electron chi connectivity index (χ4n) is 1.23. The third kappa shape index (κ3) is 4.33. The van der Waals surface area contributed by atoms with Crippen LogP contribution >= 0.6 is 0 Å². The molecule has 0 aliphatic carbocycles. The van der Waals surface area contributed by atoms with E-state index in [-0.39, 0.29) is 5.56 Å². The van der Waals surface area contributed by atoms with Gasteiger partial charge in [0, 0.05) is 18.3 Å². The van der Waals surface area contributed by atoms with Crippen molar-refractivity contribution < 1.29 is 9.90 Å². The number of hydrogen-bond donors (Lipinski definition) is 2. The van der Waals surface area contributed by atoms with Gasteiger partial charge in [-0.2, -0.15) is 0 Å². The van der Waals surface area contributed by atoms with Gasteiger partial charge in [0.1, 0.15) is 8.07 Å². The molecule has 0 aromatic heterocycles. The van der Waals surface area contributed by atoms with Crippen molar-refractivity contribution in [3.05, 3.63) is 29.3 Å². The molecule has 0 heterocycles. The summed E-state index contributed by atoms with van der Waals surface area (Å²) >= 11 is 0. The van der Waals surface area contributed by atoms with Gasteiger partial charge in [0.25, 0.3) is 0 Å². The van der Waals surface area contributed by atoms with Crippen molar-refractivity contribution in [1.82, 2.24) is 0 Å². The van der Waals surface area contributed by atoms with E-state index >= 15 is 0 Å². The minimum atomic E-state index is -1.44. The molecule has 0 spiro atoms. The zero-order chi connectivity index (χ0) is 13.1. The number of rotatable bonds is 2. The first-order valence-corrected chi connectivity index (χ1v) is 8.91. The van der Waals surface area contributed by atoms with Crippen molar-refractivity contribution in [2.75, 3.05) is 12.4 Å². The van der Waals surface area contributed by atoms with Crippen molar-refractivity contribution in [2.45, 2.75) is 19.6 Å². The maximum absolute atomic E-state index is 11.0. The summed E-state index contributed by atoms with van der Waals surface area (Å²) in [6.45, 7) is 6.46. The Kier molecular flexibility index (Phi) is 3.97. The Hall–Kier alpha value is -1.73. The second-order valence-electron chi connectivity index (χ2n) is 4.85. The summed E-state index contributed by atoms with van der Waals surface area (Å²) in [4.78, 5) is 11.0. The molecule has 0 saturated carbocycles. The number of carboxylic acids is 1. The largest absolute Gasteiger partial charge is 0.478 e. The Balaban J connectivity index is 3.19. The van der Waals surface area contributed by atoms with Gasteiger partial charge in [-0.05, 0) is 18.2 Å². The van der Waals surface area contributed by atoms with Gasteiger partial charge in [-0.25, -0.2) is 4.79 Å². The molecule has 1 aromatic rings. The Morgan fingerprint density at radius 1 is 1.29 bits per heavy atom. The smallest absolute Gasteiger partial charge is 0.335 e. The fourth-order valence-corrected chi connectivity index (χ4v) is 1.75. The van der Waals surface area contributed by atoms with E-state index in [9.17, 15) is 4.79 Å². The second kappa shape index (κ2) is 5.06. The molecule has 4 heteroatoms. The van der Waals surface area contributed by atoms with Gasteiger partial charge in [-0.1, -0.05) is 25.6 Å². The van der Waals surface area contributed by atoms with Crippen LogP contribution in [0.5, 0.6) is 0 Å². The van der Waals surface area contributed by atoms with Gasteiger partial charge in [-0.15, -0.1) is 5.54 Å². The molecule has 0 saturated heterocycles. The number of nitrogens with one attached hydrogen (secondary N) is 1. The molecule has 2 N–H and O–H groups in total. The normalized spacial score (nSPS) is 10.4. The van der Waals surface area contributed by atoms with Crippen LogP contribution in [-0.2, 0) is 0 Å². The van der Waals surface area contributed by atoms with Crippen LogP contribution in [0.15, 0.2) is 18.2 Å². The molecular weight excluding hydrogens is 230 g/mol. The highest BCUT2D eigenvalue weighted by Gasteiger charge is 2.09. The van der Waals surface area contributed by atoms with Gasteiger partial charge in [0.05, 0.1) is 5.56 Å². The maximum Gasteiger partial charge on any atom is 0.335 e. The summed E-state index contributed by atoms with van der Waals surface area (Å²) in [5.41, 5.74) is 5.00. The molecule has 0 aliphatic rings. The fraction of sp³-hybridized carbons (Fsp3) is 0.308. The molecule has 1 aromatic carbocycles. The van der Waals surface area contributed by atoms with E-state index in [0.29, 0.717) is 0 Å². The third-order valence-corrected chi connectivity index (χ3v) is 2.93. The minimum Gasteiger partial charge on any atom is -0.478 e. The standard InChI is InChI=1S/C13H17NO2Si/c1-14-12-8-10(5-6-17(2,3)4)7-11(9-12)13(15)16/h7-9,14H,1-4H3,(H,15,16). The van der Waals surface area contributed by atoms with Crippen LogP contribution in [0.25, 0.3) is 0 Å². The van der Waals surface area contributed by atoms with Crippen LogP contribution < -0.4 is 5.32 Å². The Morgan fingerprint density at radius 2 is 1.94 bits per heavy atom. The van der Waals surface area contributed by atoms with Crippen molar-refractivity contribution in [2.24, 2.45) is 0 Å². The average Bonchev–Trinajstić information content (AvgIpc) is 2.25. The molecule has 0 fully saturated rings. The molecule has 0 atom stereocenters. The van der Waals surface area contributed by atoms with E-state index in [1.165, 1.54) is 0 Å². The molecule has 1 rings (SSSR count). The quantitative estimate of drug-likeness (QED) is 0.624. The lowest BCUT2D eigenvalue weighted by Crippen LogP contribution is -2.16. The highest BCUT2D eigenvalue weighted by Crippen LogP contribution is 2.14. The predicted octanol–water partition coefficient (Wildman–Crippen LogP) is 2.66. The minimum absolute atomic E-state index is 0.261. The molecular formula is C13H17NO2Si. The molecule has 0 bridgehead atoms. The van der Waals surface area contributed by atoms with Gasteiger partial charge < -0.3 is 10.4 Å². The zero-order valence-corrected chi connectivity index (χ0v) is 11.6. The summed E-state index contributed by atoms with van der Waals surface area (Å²) < 4.78 is 0. The van der Waals surface area contributed by atoms with E-state index in [1.807, 2.05) is 6.07 Å². The molecule has 0 unspecified atom stereocenters. The van der Waals surface area contributed by atoms with Gasteiger partial charge >= 0.3 is 5.97 Å². The summed E-state index contributed by atoms with van der Waals surface area (Å²) in [5, 5.41) is 11.9. The maximum atomic E-state index is 11.0. The summed E-state index contributed by atoms with van der Waals surface area (Å²) in [6.07, 6.45) is 0. The molecule has 90 valence electrons. The lowest BCUT2D eigenvalue weighted by atomic mass is 10.1. The van der Waals surface area contributed by atoms with E-state index in [0.717, 1.165) is 11.3 Å².